The Labute approximate surface area is 269 Å². The van der Waals surface area contributed by atoms with Crippen molar-refractivity contribution in [1.82, 2.24) is 20.1 Å². The van der Waals surface area contributed by atoms with E-state index in [0.29, 0.717) is 62.5 Å². The monoisotopic (exact) mass is 635 g/mol. The second-order valence-corrected chi connectivity index (χ2v) is 12.8. The summed E-state index contributed by atoms with van der Waals surface area (Å²) in [4.78, 5) is 33.0. The van der Waals surface area contributed by atoms with Crippen molar-refractivity contribution in [2.75, 3.05) is 51.8 Å². The van der Waals surface area contributed by atoms with Crippen molar-refractivity contribution < 1.29 is 23.8 Å². The standard InChI is InChI=1S/C34H42ClN5O5/c1-34(2,3)45-33(42)40-14-12-39(13-15-40)32(41)25-9-7-24(8-10-25)26-17-27-18-28(44-31(27)29(35)19-26)21-37-22-43-16-4-5-23-6-11-30(36)38-20-23/h6-11,17,19-20,28,37H,4-5,12-16,18,21-22H2,1-3H3,(H2,36,38). The van der Waals surface area contributed by atoms with Gasteiger partial charge >= 0.3 is 6.09 Å². The van der Waals surface area contributed by atoms with Crippen LogP contribution in [-0.2, 0) is 22.3 Å². The Hall–Kier alpha value is -3.86. The molecule has 1 fully saturated rings. The summed E-state index contributed by atoms with van der Waals surface area (Å²) >= 11 is 6.64. The summed E-state index contributed by atoms with van der Waals surface area (Å²) < 4.78 is 17.3. The fraction of sp³-hybridized carbons (Fsp3) is 0.441. The predicted molar refractivity (Wildman–Crippen MR) is 175 cm³/mol. The summed E-state index contributed by atoms with van der Waals surface area (Å²) in [5.74, 6) is 1.20. The van der Waals surface area contributed by atoms with Crippen LogP contribution in [0.2, 0.25) is 5.02 Å². The van der Waals surface area contributed by atoms with Crippen LogP contribution in [0, 0.1) is 0 Å². The summed E-state index contributed by atoms with van der Waals surface area (Å²) in [5.41, 5.74) is 9.84. The first-order valence-corrected chi connectivity index (χ1v) is 15.8. The van der Waals surface area contributed by atoms with Crippen LogP contribution in [0.5, 0.6) is 5.75 Å². The molecular weight excluding hydrogens is 594 g/mol. The second-order valence-electron chi connectivity index (χ2n) is 12.4. The molecule has 3 aromatic rings. The number of hydrogen-bond acceptors (Lipinski definition) is 8. The first-order chi connectivity index (χ1) is 21.6. The van der Waals surface area contributed by atoms with Gasteiger partial charge in [0.05, 0.1) is 11.8 Å². The normalized spacial score (nSPS) is 16.3. The molecule has 2 aromatic carbocycles. The number of rotatable bonds is 10. The first-order valence-electron chi connectivity index (χ1n) is 15.4. The van der Waals surface area contributed by atoms with Crippen molar-refractivity contribution in [1.29, 1.82) is 0 Å². The number of nitrogens with two attached hydrogens (primary N) is 1. The Balaban J connectivity index is 1.07. The van der Waals surface area contributed by atoms with E-state index in [1.165, 1.54) is 0 Å². The van der Waals surface area contributed by atoms with Crippen LogP contribution in [0.3, 0.4) is 0 Å². The van der Waals surface area contributed by atoms with Crippen LogP contribution in [0.1, 0.15) is 48.7 Å². The largest absolute Gasteiger partial charge is 0.487 e. The maximum atomic E-state index is 13.2. The third-order valence-electron chi connectivity index (χ3n) is 7.71. The van der Waals surface area contributed by atoms with Crippen molar-refractivity contribution in [2.45, 2.75) is 51.7 Å². The topological polar surface area (TPSA) is 119 Å². The number of hydrogen-bond donors (Lipinski definition) is 2. The lowest BCUT2D eigenvalue weighted by Gasteiger charge is -2.35. The van der Waals surface area contributed by atoms with E-state index in [-0.39, 0.29) is 18.1 Å². The zero-order valence-electron chi connectivity index (χ0n) is 26.2. The highest BCUT2D eigenvalue weighted by Gasteiger charge is 2.29. The summed E-state index contributed by atoms with van der Waals surface area (Å²) in [7, 11) is 0. The highest BCUT2D eigenvalue weighted by atomic mass is 35.5. The number of nitrogen functional groups attached to an aromatic ring is 1. The molecule has 0 radical (unpaired) electrons. The third kappa shape index (κ3) is 8.87. The number of carbonyl (C=O) groups excluding carboxylic acids is 2. The van der Waals surface area contributed by atoms with Crippen LogP contribution in [-0.4, -0.2) is 84.6 Å². The van der Waals surface area contributed by atoms with E-state index in [2.05, 4.69) is 16.4 Å². The summed E-state index contributed by atoms with van der Waals surface area (Å²) in [6, 6.07) is 15.4. The summed E-state index contributed by atoms with van der Waals surface area (Å²) in [5, 5.41) is 3.88. The maximum absolute atomic E-state index is 13.2. The Morgan fingerprint density at radius 2 is 1.78 bits per heavy atom. The summed E-state index contributed by atoms with van der Waals surface area (Å²) in [6.07, 6.45) is 3.96. The number of anilines is 1. The van der Waals surface area contributed by atoms with E-state index in [4.69, 9.17) is 31.5 Å². The van der Waals surface area contributed by atoms with Gasteiger partial charge in [-0.15, -0.1) is 0 Å². The first kappa shape index (κ1) is 32.5. The van der Waals surface area contributed by atoms with E-state index in [1.54, 1.807) is 16.0 Å². The second kappa shape index (κ2) is 14.5. The molecule has 0 saturated carbocycles. The molecule has 5 rings (SSSR count). The van der Waals surface area contributed by atoms with Crippen LogP contribution in [0.4, 0.5) is 10.6 Å². The SMILES string of the molecule is CC(C)(C)OC(=O)N1CCN(C(=O)c2ccc(-c3cc(Cl)c4c(c3)CC(CNCOCCCc3ccc(N)nc3)O4)cc2)CC1. The molecule has 3 N–H and O–H groups in total. The van der Waals surface area contributed by atoms with Crippen molar-refractivity contribution in [3.8, 4) is 16.9 Å². The van der Waals surface area contributed by atoms with Gasteiger partial charge < -0.3 is 29.7 Å². The Morgan fingerprint density at radius 1 is 1.04 bits per heavy atom. The fourth-order valence-corrected chi connectivity index (χ4v) is 5.68. The lowest BCUT2D eigenvalue weighted by molar-refractivity contribution is 0.0141. The number of halogens is 1. The van der Waals surface area contributed by atoms with Crippen molar-refractivity contribution in [3.05, 3.63) is 76.4 Å². The number of fused-ring (bicyclic) bond motifs is 1. The molecule has 45 heavy (non-hydrogen) atoms. The molecule has 2 amide bonds. The minimum absolute atomic E-state index is 0.0343. The van der Waals surface area contributed by atoms with E-state index >= 15 is 0 Å². The van der Waals surface area contributed by atoms with Gasteiger partial charge in [0.1, 0.15) is 23.3 Å². The average molecular weight is 636 g/mol. The van der Waals surface area contributed by atoms with Crippen molar-refractivity contribution >= 4 is 29.4 Å². The van der Waals surface area contributed by atoms with Crippen LogP contribution in [0.15, 0.2) is 54.7 Å². The van der Waals surface area contributed by atoms with E-state index in [1.807, 2.05) is 63.2 Å². The Morgan fingerprint density at radius 3 is 2.47 bits per heavy atom. The number of amides is 2. The zero-order chi connectivity index (χ0) is 32.0. The molecule has 10 nitrogen and oxygen atoms in total. The van der Waals surface area contributed by atoms with Gasteiger partial charge in [-0.1, -0.05) is 29.8 Å². The highest BCUT2D eigenvalue weighted by molar-refractivity contribution is 6.32. The zero-order valence-corrected chi connectivity index (χ0v) is 26.9. The molecule has 1 aromatic heterocycles. The molecule has 1 saturated heterocycles. The number of nitrogens with zero attached hydrogens (tertiary/aromatic N) is 3. The van der Waals surface area contributed by atoms with Gasteiger partial charge in [-0.25, -0.2) is 9.78 Å². The van der Waals surface area contributed by atoms with Gasteiger partial charge in [-0.3, -0.25) is 10.1 Å². The average Bonchev–Trinajstić information content (AvgIpc) is 3.44. The molecule has 240 valence electrons. The Kier molecular flexibility index (Phi) is 10.5. The molecule has 3 heterocycles. The number of pyridine rings is 1. The molecule has 0 aliphatic carbocycles. The smallest absolute Gasteiger partial charge is 0.410 e. The maximum Gasteiger partial charge on any atom is 0.410 e. The molecule has 2 aliphatic rings. The van der Waals surface area contributed by atoms with E-state index in [9.17, 15) is 9.59 Å². The molecule has 2 aliphatic heterocycles. The predicted octanol–water partition coefficient (Wildman–Crippen LogP) is 5.18. The molecule has 11 heteroatoms. The number of benzene rings is 2. The van der Waals surface area contributed by atoms with Crippen LogP contribution in [0.25, 0.3) is 11.1 Å². The fourth-order valence-electron chi connectivity index (χ4n) is 5.40. The molecule has 0 bridgehead atoms. The minimum atomic E-state index is -0.547. The minimum Gasteiger partial charge on any atom is -0.487 e. The van der Waals surface area contributed by atoms with Gasteiger partial charge in [-0.2, -0.15) is 0 Å². The molecular formula is C34H42ClN5O5. The lowest BCUT2D eigenvalue weighted by Crippen LogP contribution is -2.51. The van der Waals surface area contributed by atoms with Crippen LogP contribution >= 0.6 is 11.6 Å². The number of piperazine rings is 1. The third-order valence-corrected chi connectivity index (χ3v) is 8.00. The quantitative estimate of drug-likeness (QED) is 0.231. The van der Waals surface area contributed by atoms with E-state index < -0.39 is 5.60 Å². The number of aryl methyl sites for hydroxylation is 1. The summed E-state index contributed by atoms with van der Waals surface area (Å²) in [6.45, 7) is 9.09. The van der Waals surface area contributed by atoms with Gasteiger partial charge in [0.2, 0.25) is 0 Å². The molecule has 1 atom stereocenters. The van der Waals surface area contributed by atoms with Gasteiger partial charge in [0, 0.05) is 63.1 Å². The number of carbonyl (C=O) groups is 2. The number of ether oxygens (including phenoxy) is 3. The van der Waals surface area contributed by atoms with Crippen LogP contribution < -0.4 is 15.8 Å². The van der Waals surface area contributed by atoms with Gasteiger partial charge in [0.25, 0.3) is 5.91 Å². The van der Waals surface area contributed by atoms with Crippen molar-refractivity contribution in [3.63, 3.8) is 0 Å². The molecule has 0 spiro atoms. The van der Waals surface area contributed by atoms with E-state index in [0.717, 1.165) is 47.3 Å². The van der Waals surface area contributed by atoms with Gasteiger partial charge in [0.15, 0.2) is 0 Å². The van der Waals surface area contributed by atoms with Crippen molar-refractivity contribution in [2.24, 2.45) is 0 Å². The molecule has 1 unspecified atom stereocenters. The highest BCUT2D eigenvalue weighted by Crippen LogP contribution is 2.39. The Bertz CT molecular complexity index is 1470. The number of nitrogens with one attached hydrogen (secondary N) is 1. The van der Waals surface area contributed by atoms with Gasteiger partial charge in [-0.05, 0) is 80.6 Å². The lowest BCUT2D eigenvalue weighted by atomic mass is 9.99. The number of aromatic nitrogens is 1.